The molecule has 1 aliphatic carbocycles. The van der Waals surface area contributed by atoms with E-state index in [0.717, 1.165) is 25.0 Å². The summed E-state index contributed by atoms with van der Waals surface area (Å²) in [5.41, 5.74) is 2.03. The number of carbonyl (C=O) groups excluding carboxylic acids is 2. The number of hydrogen-bond acceptors (Lipinski definition) is 3. The molecule has 2 aromatic rings. The summed E-state index contributed by atoms with van der Waals surface area (Å²) >= 11 is 0. The number of nitrogens with one attached hydrogen (secondary N) is 2. The summed E-state index contributed by atoms with van der Waals surface area (Å²) in [5, 5.41) is 6.24. The lowest BCUT2D eigenvalue weighted by atomic mass is 9.82. The van der Waals surface area contributed by atoms with Gasteiger partial charge in [0.05, 0.1) is 5.69 Å². The first-order valence-corrected chi connectivity index (χ1v) is 11.7. The topological polar surface area (TPSA) is 83.4 Å². The molecule has 2 unspecified atom stereocenters. The van der Waals surface area contributed by atoms with E-state index in [0.29, 0.717) is 30.9 Å². The molecule has 5 rings (SSSR count). The van der Waals surface area contributed by atoms with E-state index in [4.69, 9.17) is 0 Å². The Morgan fingerprint density at radius 1 is 0.906 bits per heavy atom. The zero-order valence-electron chi connectivity index (χ0n) is 18.3. The third-order valence-electron chi connectivity index (χ3n) is 7.09. The van der Waals surface area contributed by atoms with Crippen LogP contribution in [0.1, 0.15) is 60.5 Å². The van der Waals surface area contributed by atoms with Crippen LogP contribution in [0, 0.1) is 5.92 Å². The van der Waals surface area contributed by atoms with E-state index in [2.05, 4.69) is 10.6 Å². The third kappa shape index (κ3) is 4.16. The summed E-state index contributed by atoms with van der Waals surface area (Å²) < 4.78 is 1.80. The van der Waals surface area contributed by atoms with Crippen LogP contribution in [0.25, 0.3) is 0 Å². The molecule has 3 aliphatic rings. The number of urea groups is 1. The van der Waals surface area contributed by atoms with Crippen LogP contribution >= 0.6 is 0 Å². The van der Waals surface area contributed by atoms with Gasteiger partial charge in [-0.15, -0.1) is 0 Å². The average Bonchev–Trinajstić information content (AvgIpc) is 2.82. The van der Waals surface area contributed by atoms with Gasteiger partial charge in [0.2, 0.25) is 0 Å². The van der Waals surface area contributed by atoms with Gasteiger partial charge in [0.1, 0.15) is 0 Å². The van der Waals surface area contributed by atoms with Gasteiger partial charge in [0, 0.05) is 48.9 Å². The van der Waals surface area contributed by atoms with Gasteiger partial charge in [-0.1, -0.05) is 37.5 Å². The summed E-state index contributed by atoms with van der Waals surface area (Å²) in [5.74, 6) is 0.0765. The van der Waals surface area contributed by atoms with Gasteiger partial charge in [0.25, 0.3) is 11.5 Å². The van der Waals surface area contributed by atoms with Crippen molar-refractivity contribution >= 4 is 17.6 Å². The van der Waals surface area contributed by atoms with Crippen molar-refractivity contribution in [2.75, 3.05) is 18.4 Å². The summed E-state index contributed by atoms with van der Waals surface area (Å²) in [6, 6.07) is 12.6. The van der Waals surface area contributed by atoms with Crippen LogP contribution in [0.3, 0.4) is 0 Å². The van der Waals surface area contributed by atoms with Crippen LogP contribution in [0.2, 0.25) is 0 Å². The van der Waals surface area contributed by atoms with Gasteiger partial charge in [0.15, 0.2) is 0 Å². The minimum Gasteiger partial charge on any atom is -0.335 e. The number of pyridine rings is 1. The van der Waals surface area contributed by atoms with E-state index in [1.54, 1.807) is 22.8 Å². The van der Waals surface area contributed by atoms with Crippen LogP contribution in [-0.4, -0.2) is 40.5 Å². The second-order valence-electron chi connectivity index (χ2n) is 9.39. The zero-order valence-corrected chi connectivity index (χ0v) is 18.3. The lowest BCUT2D eigenvalue weighted by molar-refractivity contribution is 0.102. The number of hydrogen-bond donors (Lipinski definition) is 2. The quantitative estimate of drug-likeness (QED) is 0.775. The molecule has 1 saturated carbocycles. The van der Waals surface area contributed by atoms with E-state index >= 15 is 0 Å². The van der Waals surface area contributed by atoms with Crippen molar-refractivity contribution in [3.05, 3.63) is 64.1 Å². The van der Waals surface area contributed by atoms with Crippen molar-refractivity contribution in [2.45, 2.75) is 57.0 Å². The molecule has 1 saturated heterocycles. The molecule has 0 radical (unpaired) electrons. The van der Waals surface area contributed by atoms with Crippen molar-refractivity contribution in [1.29, 1.82) is 0 Å². The second-order valence-corrected chi connectivity index (χ2v) is 9.39. The Bertz CT molecular complexity index is 1060. The van der Waals surface area contributed by atoms with Crippen LogP contribution in [0.15, 0.2) is 47.3 Å². The van der Waals surface area contributed by atoms with E-state index in [-0.39, 0.29) is 35.4 Å². The predicted molar refractivity (Wildman–Crippen MR) is 123 cm³/mol. The lowest BCUT2D eigenvalue weighted by Gasteiger charge is -2.43. The monoisotopic (exact) mass is 434 g/mol. The molecule has 3 amide bonds. The Hall–Kier alpha value is -3.09. The van der Waals surface area contributed by atoms with Gasteiger partial charge in [-0.05, 0) is 43.4 Å². The molecule has 1 aromatic carbocycles. The number of likely N-dealkylation sites (tertiary alicyclic amines) is 1. The Balaban J connectivity index is 1.37. The van der Waals surface area contributed by atoms with Gasteiger partial charge < -0.3 is 20.1 Å². The minimum absolute atomic E-state index is 0.00759. The van der Waals surface area contributed by atoms with Gasteiger partial charge in [-0.3, -0.25) is 9.59 Å². The maximum absolute atomic E-state index is 13.0. The number of fused-ring (bicyclic) bond motifs is 4. The molecule has 7 nitrogen and oxygen atoms in total. The SMILES string of the molecule is O=C(Nc1ccc(=O)n2c1C1CC(CN(C(=O)NC3CCCCC3)C1)C2)c1ccccc1. The minimum atomic E-state index is -0.197. The van der Waals surface area contributed by atoms with Crippen LogP contribution in [-0.2, 0) is 6.54 Å². The lowest BCUT2D eigenvalue weighted by Crippen LogP contribution is -2.53. The molecule has 2 aliphatic heterocycles. The average molecular weight is 435 g/mol. The van der Waals surface area contributed by atoms with Crippen molar-refractivity contribution in [3.8, 4) is 0 Å². The summed E-state index contributed by atoms with van der Waals surface area (Å²) in [6.07, 6.45) is 6.64. The predicted octanol–water partition coefficient (Wildman–Crippen LogP) is 3.56. The van der Waals surface area contributed by atoms with Crippen LogP contribution in [0.4, 0.5) is 10.5 Å². The largest absolute Gasteiger partial charge is 0.335 e. The number of rotatable bonds is 3. The Labute approximate surface area is 187 Å². The fourth-order valence-electron chi connectivity index (χ4n) is 5.58. The maximum Gasteiger partial charge on any atom is 0.317 e. The molecular formula is C25H30N4O3. The Kier molecular flexibility index (Phi) is 5.72. The van der Waals surface area contributed by atoms with Crippen molar-refractivity contribution in [3.63, 3.8) is 0 Å². The van der Waals surface area contributed by atoms with Gasteiger partial charge >= 0.3 is 6.03 Å². The van der Waals surface area contributed by atoms with Gasteiger partial charge in [-0.25, -0.2) is 4.79 Å². The third-order valence-corrected chi connectivity index (χ3v) is 7.09. The van der Waals surface area contributed by atoms with Crippen LogP contribution in [0.5, 0.6) is 0 Å². The van der Waals surface area contributed by atoms with E-state index in [9.17, 15) is 14.4 Å². The number of aromatic nitrogens is 1. The summed E-state index contributed by atoms with van der Waals surface area (Å²) in [4.78, 5) is 40.3. The first kappa shape index (κ1) is 20.8. The molecule has 32 heavy (non-hydrogen) atoms. The molecule has 0 spiro atoms. The number of amides is 3. The highest BCUT2D eigenvalue weighted by Crippen LogP contribution is 2.38. The number of carbonyl (C=O) groups is 2. The highest BCUT2D eigenvalue weighted by molar-refractivity contribution is 6.04. The maximum atomic E-state index is 13.0. The van der Waals surface area contributed by atoms with Crippen LogP contribution < -0.4 is 16.2 Å². The first-order chi connectivity index (χ1) is 15.6. The van der Waals surface area contributed by atoms with E-state index < -0.39 is 0 Å². The molecule has 2 atom stereocenters. The number of benzene rings is 1. The summed E-state index contributed by atoms with van der Waals surface area (Å²) in [7, 11) is 0. The van der Waals surface area contributed by atoms with E-state index in [1.165, 1.54) is 25.3 Å². The zero-order chi connectivity index (χ0) is 22.1. The number of anilines is 1. The molecule has 2 bridgehead atoms. The molecule has 2 fully saturated rings. The van der Waals surface area contributed by atoms with E-state index in [1.807, 2.05) is 23.1 Å². The Morgan fingerprint density at radius 2 is 1.69 bits per heavy atom. The highest BCUT2D eigenvalue weighted by atomic mass is 16.2. The normalized spacial score (nSPS) is 22.7. The fourth-order valence-corrected chi connectivity index (χ4v) is 5.58. The fraction of sp³-hybridized carbons (Fsp3) is 0.480. The Morgan fingerprint density at radius 3 is 2.47 bits per heavy atom. The van der Waals surface area contributed by atoms with Gasteiger partial charge in [-0.2, -0.15) is 0 Å². The standard InChI is InChI=1S/C25H30N4O3/c30-22-12-11-21(27-24(31)18-7-3-1-4-8-18)23-19-13-17(15-29(22)23)14-28(16-19)25(32)26-20-9-5-2-6-10-20/h1,3-4,7-8,11-12,17,19-20H,2,5-6,9-10,13-16H2,(H,26,32)(H,27,31). The highest BCUT2D eigenvalue weighted by Gasteiger charge is 2.38. The molecule has 2 N–H and O–H groups in total. The number of nitrogens with zero attached hydrogens (tertiary/aromatic N) is 2. The first-order valence-electron chi connectivity index (χ1n) is 11.7. The summed E-state index contributed by atoms with van der Waals surface area (Å²) in [6.45, 7) is 1.81. The smallest absolute Gasteiger partial charge is 0.317 e. The molecule has 3 heterocycles. The van der Waals surface area contributed by atoms with Crippen molar-refractivity contribution in [1.82, 2.24) is 14.8 Å². The molecule has 168 valence electrons. The molecule has 1 aromatic heterocycles. The van der Waals surface area contributed by atoms with Crippen molar-refractivity contribution in [2.24, 2.45) is 5.92 Å². The second kappa shape index (κ2) is 8.81. The number of piperidine rings is 1. The van der Waals surface area contributed by atoms with Crippen molar-refractivity contribution < 1.29 is 9.59 Å². The molecular weight excluding hydrogens is 404 g/mol. The molecule has 7 heteroatoms.